The molecule has 0 radical (unpaired) electrons. The molecule has 1 saturated heterocycles. The van der Waals surface area contributed by atoms with Gasteiger partial charge in [-0.15, -0.1) is 0 Å². The summed E-state index contributed by atoms with van der Waals surface area (Å²) in [5.74, 6) is -0.265. The van der Waals surface area contributed by atoms with Crippen LogP contribution in [-0.4, -0.2) is 38.1 Å². The highest BCUT2D eigenvalue weighted by Crippen LogP contribution is 2.31. The minimum absolute atomic E-state index is 0.265. The number of anilines is 2. The van der Waals surface area contributed by atoms with Crippen molar-refractivity contribution in [3.63, 3.8) is 0 Å². The molecule has 0 amide bonds. The third-order valence-corrected chi connectivity index (χ3v) is 4.29. The van der Waals surface area contributed by atoms with E-state index in [1.165, 1.54) is 6.07 Å². The maximum Gasteiger partial charge on any atom is 0.139 e. The van der Waals surface area contributed by atoms with Crippen LogP contribution in [0.5, 0.6) is 0 Å². The second-order valence-corrected chi connectivity index (χ2v) is 5.82. The van der Waals surface area contributed by atoms with Gasteiger partial charge in [-0.05, 0) is 55.0 Å². The van der Waals surface area contributed by atoms with E-state index in [1.54, 1.807) is 6.07 Å². The van der Waals surface area contributed by atoms with E-state index in [0.29, 0.717) is 16.2 Å². The smallest absolute Gasteiger partial charge is 0.139 e. The summed E-state index contributed by atoms with van der Waals surface area (Å²) in [6.45, 7) is 2.15. The molecule has 0 saturated carbocycles. The molecular formula is C13H19BrFN3. The zero-order chi connectivity index (χ0) is 13.3. The van der Waals surface area contributed by atoms with Crippen LogP contribution in [0.2, 0.25) is 0 Å². The lowest BCUT2D eigenvalue weighted by molar-refractivity contribution is 0.253. The van der Waals surface area contributed by atoms with Crippen LogP contribution in [-0.2, 0) is 0 Å². The molecule has 1 heterocycles. The van der Waals surface area contributed by atoms with Crippen molar-refractivity contribution in [1.29, 1.82) is 0 Å². The maximum absolute atomic E-state index is 13.6. The summed E-state index contributed by atoms with van der Waals surface area (Å²) in [4.78, 5) is 4.42. The van der Waals surface area contributed by atoms with Crippen molar-refractivity contribution < 1.29 is 4.39 Å². The summed E-state index contributed by atoms with van der Waals surface area (Å²) in [5, 5.41) is 0. The number of hydrogen-bond acceptors (Lipinski definition) is 3. The minimum Gasteiger partial charge on any atom is -0.397 e. The first-order valence-electron chi connectivity index (χ1n) is 6.15. The van der Waals surface area contributed by atoms with Gasteiger partial charge in [-0.3, -0.25) is 0 Å². The molecule has 0 bridgehead atoms. The van der Waals surface area contributed by atoms with E-state index in [1.807, 2.05) is 7.05 Å². The van der Waals surface area contributed by atoms with Crippen molar-refractivity contribution in [3.8, 4) is 0 Å². The Morgan fingerprint density at radius 2 is 2.00 bits per heavy atom. The Bertz CT molecular complexity index is 430. The summed E-state index contributed by atoms with van der Waals surface area (Å²) in [6.07, 6.45) is 2.17. The molecule has 0 aromatic heterocycles. The van der Waals surface area contributed by atoms with Crippen molar-refractivity contribution in [2.75, 3.05) is 37.8 Å². The Kier molecular flexibility index (Phi) is 4.12. The van der Waals surface area contributed by atoms with Gasteiger partial charge in [-0.2, -0.15) is 0 Å². The SMILES string of the molecule is CN1CCC(N(C)c2cc(F)c(Br)cc2N)CC1. The highest BCUT2D eigenvalue weighted by atomic mass is 79.9. The van der Waals surface area contributed by atoms with Gasteiger partial charge in [0, 0.05) is 19.2 Å². The summed E-state index contributed by atoms with van der Waals surface area (Å²) in [5.41, 5.74) is 7.37. The van der Waals surface area contributed by atoms with Gasteiger partial charge < -0.3 is 15.5 Å². The summed E-state index contributed by atoms with van der Waals surface area (Å²) in [7, 11) is 4.12. The second kappa shape index (κ2) is 5.45. The van der Waals surface area contributed by atoms with Gasteiger partial charge in [-0.25, -0.2) is 4.39 Å². The van der Waals surface area contributed by atoms with Crippen LogP contribution in [0.25, 0.3) is 0 Å². The fourth-order valence-corrected chi connectivity index (χ4v) is 2.80. The molecule has 0 unspecified atom stereocenters. The summed E-state index contributed by atoms with van der Waals surface area (Å²) in [6, 6.07) is 3.58. The zero-order valence-corrected chi connectivity index (χ0v) is 12.4. The Balaban J connectivity index is 2.18. The van der Waals surface area contributed by atoms with Crippen molar-refractivity contribution >= 4 is 27.3 Å². The molecular weight excluding hydrogens is 297 g/mol. The van der Waals surface area contributed by atoms with Crippen molar-refractivity contribution in [2.45, 2.75) is 18.9 Å². The van der Waals surface area contributed by atoms with Gasteiger partial charge in [0.05, 0.1) is 15.8 Å². The normalized spacial score (nSPS) is 18.0. The summed E-state index contributed by atoms with van der Waals surface area (Å²) < 4.78 is 14.0. The fraction of sp³-hybridized carbons (Fsp3) is 0.538. The number of benzene rings is 1. The maximum atomic E-state index is 13.6. The van der Waals surface area contributed by atoms with Crippen LogP contribution in [0.4, 0.5) is 15.8 Å². The van der Waals surface area contributed by atoms with Crippen molar-refractivity contribution in [1.82, 2.24) is 4.90 Å². The van der Waals surface area contributed by atoms with E-state index in [2.05, 4.69) is 32.8 Å². The number of piperidine rings is 1. The van der Waals surface area contributed by atoms with Crippen LogP contribution in [0.3, 0.4) is 0 Å². The first-order valence-corrected chi connectivity index (χ1v) is 6.94. The van der Waals surface area contributed by atoms with E-state index in [0.717, 1.165) is 31.6 Å². The standard InChI is InChI=1S/C13H19BrFN3/c1-17-5-3-9(4-6-17)18(2)13-8-11(15)10(14)7-12(13)16/h7-9H,3-6,16H2,1-2H3. The van der Waals surface area contributed by atoms with E-state index in [4.69, 9.17) is 5.73 Å². The van der Waals surface area contributed by atoms with Gasteiger partial charge in [-0.1, -0.05) is 0 Å². The highest BCUT2D eigenvalue weighted by Gasteiger charge is 2.22. The largest absolute Gasteiger partial charge is 0.397 e. The minimum atomic E-state index is -0.265. The molecule has 5 heteroatoms. The van der Waals surface area contributed by atoms with Crippen LogP contribution in [0.1, 0.15) is 12.8 Å². The predicted molar refractivity (Wildman–Crippen MR) is 77.4 cm³/mol. The Morgan fingerprint density at radius 3 is 2.61 bits per heavy atom. The molecule has 1 aromatic rings. The van der Waals surface area contributed by atoms with Crippen molar-refractivity contribution in [2.24, 2.45) is 0 Å². The number of rotatable bonds is 2. The monoisotopic (exact) mass is 315 g/mol. The topological polar surface area (TPSA) is 32.5 Å². The van der Waals surface area contributed by atoms with E-state index < -0.39 is 0 Å². The molecule has 1 aliphatic heterocycles. The third-order valence-electron chi connectivity index (χ3n) is 3.69. The average Bonchev–Trinajstić information content (AvgIpc) is 2.34. The van der Waals surface area contributed by atoms with Gasteiger partial charge in [0.15, 0.2) is 0 Å². The van der Waals surface area contributed by atoms with Gasteiger partial charge >= 0.3 is 0 Å². The second-order valence-electron chi connectivity index (χ2n) is 4.97. The quantitative estimate of drug-likeness (QED) is 0.852. The van der Waals surface area contributed by atoms with Crippen molar-refractivity contribution in [3.05, 3.63) is 22.4 Å². The zero-order valence-electron chi connectivity index (χ0n) is 10.8. The van der Waals surface area contributed by atoms with Crippen LogP contribution in [0, 0.1) is 5.82 Å². The van der Waals surface area contributed by atoms with E-state index in [9.17, 15) is 4.39 Å². The molecule has 1 aromatic carbocycles. The molecule has 2 N–H and O–H groups in total. The number of likely N-dealkylation sites (tertiary alicyclic amines) is 1. The van der Waals surface area contributed by atoms with E-state index in [-0.39, 0.29) is 5.82 Å². The molecule has 1 aliphatic rings. The molecule has 1 fully saturated rings. The van der Waals surface area contributed by atoms with Crippen LogP contribution < -0.4 is 10.6 Å². The van der Waals surface area contributed by atoms with E-state index >= 15 is 0 Å². The lowest BCUT2D eigenvalue weighted by Gasteiger charge is -2.36. The Hall–Kier alpha value is -0.810. The number of nitrogens with two attached hydrogens (primary N) is 1. The average molecular weight is 316 g/mol. The van der Waals surface area contributed by atoms with Crippen LogP contribution in [0.15, 0.2) is 16.6 Å². The summed E-state index contributed by atoms with van der Waals surface area (Å²) >= 11 is 3.15. The molecule has 2 rings (SSSR count). The number of nitrogens with zero attached hydrogens (tertiary/aromatic N) is 2. The molecule has 0 aliphatic carbocycles. The Labute approximate surface area is 116 Å². The molecule has 100 valence electrons. The van der Waals surface area contributed by atoms with Gasteiger partial charge in [0.2, 0.25) is 0 Å². The van der Waals surface area contributed by atoms with Gasteiger partial charge in [0.25, 0.3) is 0 Å². The van der Waals surface area contributed by atoms with Crippen LogP contribution >= 0.6 is 15.9 Å². The highest BCUT2D eigenvalue weighted by molar-refractivity contribution is 9.10. The lowest BCUT2D eigenvalue weighted by Crippen LogP contribution is -2.42. The molecule has 0 spiro atoms. The lowest BCUT2D eigenvalue weighted by atomic mass is 10.0. The Morgan fingerprint density at radius 1 is 1.39 bits per heavy atom. The fourth-order valence-electron chi connectivity index (χ4n) is 2.44. The molecule has 0 atom stereocenters. The number of halogens is 2. The first kappa shape index (κ1) is 13.6. The third kappa shape index (κ3) is 2.78. The van der Waals surface area contributed by atoms with Gasteiger partial charge in [0.1, 0.15) is 5.82 Å². The number of hydrogen-bond donors (Lipinski definition) is 1. The number of nitrogen functional groups attached to an aromatic ring is 1. The molecule has 18 heavy (non-hydrogen) atoms. The predicted octanol–water partition coefficient (Wildman–Crippen LogP) is 2.70. The first-order chi connectivity index (χ1) is 8.49. The molecule has 3 nitrogen and oxygen atoms in total.